The van der Waals surface area contributed by atoms with Gasteiger partial charge in [-0.15, -0.1) is 0 Å². The Labute approximate surface area is 78.6 Å². The van der Waals surface area contributed by atoms with Crippen LogP contribution >= 0.6 is 12.2 Å². The van der Waals surface area contributed by atoms with E-state index in [0.717, 1.165) is 11.3 Å². The second-order valence-corrected chi connectivity index (χ2v) is 3.93. The van der Waals surface area contributed by atoms with Gasteiger partial charge in [-0.05, 0) is 37.3 Å². The molecule has 1 heteroatoms. The summed E-state index contributed by atoms with van der Waals surface area (Å²) >= 11 is 5.32. The van der Waals surface area contributed by atoms with E-state index in [4.69, 9.17) is 12.2 Å². The molecular formula is C11H12S. The van der Waals surface area contributed by atoms with Crippen molar-refractivity contribution in [3.05, 3.63) is 34.9 Å². The van der Waals surface area contributed by atoms with E-state index >= 15 is 0 Å². The van der Waals surface area contributed by atoms with Gasteiger partial charge >= 0.3 is 0 Å². The van der Waals surface area contributed by atoms with Crippen LogP contribution in [0.4, 0.5) is 0 Å². The predicted molar refractivity (Wildman–Crippen MR) is 55.8 cm³/mol. The highest BCUT2D eigenvalue weighted by Gasteiger charge is 2.12. The van der Waals surface area contributed by atoms with E-state index < -0.39 is 0 Å². The molecule has 62 valence electrons. The average molecular weight is 176 g/mol. The second-order valence-electron chi connectivity index (χ2n) is 3.44. The fourth-order valence-electron chi connectivity index (χ4n) is 1.74. The summed E-state index contributed by atoms with van der Waals surface area (Å²) in [6.07, 6.45) is 3.54. The van der Waals surface area contributed by atoms with Crippen LogP contribution in [0, 0.1) is 6.92 Å². The molecule has 1 aromatic rings. The summed E-state index contributed by atoms with van der Waals surface area (Å²) in [7, 11) is 0. The summed E-state index contributed by atoms with van der Waals surface area (Å²) in [4.78, 5) is 1.15. The zero-order valence-electron chi connectivity index (χ0n) is 7.26. The molecular weight excluding hydrogens is 164 g/mol. The van der Waals surface area contributed by atoms with Crippen molar-refractivity contribution in [2.24, 2.45) is 0 Å². The van der Waals surface area contributed by atoms with Gasteiger partial charge in [0, 0.05) is 4.86 Å². The highest BCUT2D eigenvalue weighted by Crippen LogP contribution is 2.22. The molecule has 0 fully saturated rings. The Morgan fingerprint density at radius 2 is 2.08 bits per heavy atom. The van der Waals surface area contributed by atoms with Gasteiger partial charge in [0.15, 0.2) is 0 Å². The Bertz CT molecular complexity index is 326. The van der Waals surface area contributed by atoms with Crippen molar-refractivity contribution in [1.29, 1.82) is 0 Å². The van der Waals surface area contributed by atoms with Gasteiger partial charge in [-0.2, -0.15) is 0 Å². The molecule has 0 saturated carbocycles. The van der Waals surface area contributed by atoms with Gasteiger partial charge in [0.1, 0.15) is 0 Å². The maximum atomic E-state index is 5.32. The lowest BCUT2D eigenvalue weighted by molar-refractivity contribution is 0.846. The highest BCUT2D eigenvalue weighted by molar-refractivity contribution is 7.80. The summed E-state index contributed by atoms with van der Waals surface area (Å²) in [5, 5.41) is 0. The molecule has 0 atom stereocenters. The fourth-order valence-corrected chi connectivity index (χ4v) is 2.08. The van der Waals surface area contributed by atoms with Crippen LogP contribution in [0.25, 0.3) is 0 Å². The number of aryl methyl sites for hydroxylation is 2. The largest absolute Gasteiger partial charge is 0.0843 e. The molecule has 0 N–H and O–H groups in total. The molecule has 0 amide bonds. The molecule has 1 aromatic carbocycles. The van der Waals surface area contributed by atoms with E-state index in [1.165, 1.54) is 29.5 Å². The maximum absolute atomic E-state index is 5.32. The normalized spacial score (nSPS) is 15.9. The first-order valence-corrected chi connectivity index (χ1v) is 4.81. The van der Waals surface area contributed by atoms with Gasteiger partial charge in [0.2, 0.25) is 0 Å². The van der Waals surface area contributed by atoms with E-state index in [-0.39, 0.29) is 0 Å². The van der Waals surface area contributed by atoms with Crippen molar-refractivity contribution in [3.63, 3.8) is 0 Å². The van der Waals surface area contributed by atoms with E-state index in [1.54, 1.807) is 0 Å². The topological polar surface area (TPSA) is 0 Å². The number of hydrogen-bond acceptors (Lipinski definition) is 1. The third kappa shape index (κ3) is 1.29. The van der Waals surface area contributed by atoms with Gasteiger partial charge in [-0.3, -0.25) is 0 Å². The Morgan fingerprint density at radius 1 is 1.25 bits per heavy atom. The monoisotopic (exact) mass is 176 g/mol. The number of rotatable bonds is 0. The van der Waals surface area contributed by atoms with Crippen molar-refractivity contribution in [1.82, 2.24) is 0 Å². The number of thiocarbonyl (C=S) groups is 1. The molecule has 0 aromatic heterocycles. The number of fused-ring (bicyclic) bond motifs is 1. The lowest BCUT2D eigenvalue weighted by Gasteiger charge is -2.16. The van der Waals surface area contributed by atoms with Gasteiger partial charge in [-0.25, -0.2) is 0 Å². The third-order valence-electron chi connectivity index (χ3n) is 2.42. The molecule has 0 nitrogen and oxygen atoms in total. The smallest absolute Gasteiger partial charge is 0.0227 e. The standard InChI is InChI=1S/C11H12S/c1-8-5-6-9-3-2-4-11(12)10(9)7-8/h5-7H,2-4H2,1H3. The van der Waals surface area contributed by atoms with Gasteiger partial charge in [0.05, 0.1) is 0 Å². The quantitative estimate of drug-likeness (QED) is 0.547. The molecule has 0 saturated heterocycles. The van der Waals surface area contributed by atoms with E-state index in [0.29, 0.717) is 0 Å². The first kappa shape index (κ1) is 7.93. The Kier molecular flexibility index (Phi) is 1.97. The zero-order chi connectivity index (χ0) is 8.55. The minimum absolute atomic E-state index is 1.10. The van der Waals surface area contributed by atoms with E-state index in [2.05, 4.69) is 25.1 Å². The summed E-state index contributed by atoms with van der Waals surface area (Å²) in [6, 6.07) is 6.61. The SMILES string of the molecule is Cc1ccc2c(c1)C(=S)CCC2. The molecule has 0 bridgehead atoms. The summed E-state index contributed by atoms with van der Waals surface area (Å²) < 4.78 is 0. The Hall–Kier alpha value is -0.690. The van der Waals surface area contributed by atoms with Gasteiger partial charge in [-0.1, -0.05) is 36.0 Å². The predicted octanol–water partition coefficient (Wildman–Crippen LogP) is 3.05. The minimum Gasteiger partial charge on any atom is -0.0843 e. The highest BCUT2D eigenvalue weighted by atomic mass is 32.1. The van der Waals surface area contributed by atoms with Crippen LogP contribution in [0.15, 0.2) is 18.2 Å². The van der Waals surface area contributed by atoms with Crippen molar-refractivity contribution >= 4 is 17.1 Å². The third-order valence-corrected chi connectivity index (χ3v) is 2.84. The van der Waals surface area contributed by atoms with Crippen LogP contribution in [0.2, 0.25) is 0 Å². The van der Waals surface area contributed by atoms with Gasteiger partial charge < -0.3 is 0 Å². The van der Waals surface area contributed by atoms with Crippen LogP contribution in [0.3, 0.4) is 0 Å². The average Bonchev–Trinajstić information content (AvgIpc) is 2.07. The van der Waals surface area contributed by atoms with Crippen molar-refractivity contribution in [2.75, 3.05) is 0 Å². The number of hydrogen-bond donors (Lipinski definition) is 0. The second kappa shape index (κ2) is 2.98. The van der Waals surface area contributed by atoms with Crippen LogP contribution in [0.1, 0.15) is 29.5 Å². The first-order valence-electron chi connectivity index (χ1n) is 4.40. The van der Waals surface area contributed by atoms with Crippen molar-refractivity contribution in [3.8, 4) is 0 Å². The maximum Gasteiger partial charge on any atom is 0.0227 e. The summed E-state index contributed by atoms with van der Waals surface area (Å²) in [5.41, 5.74) is 4.09. The van der Waals surface area contributed by atoms with Crippen molar-refractivity contribution in [2.45, 2.75) is 26.2 Å². The van der Waals surface area contributed by atoms with Crippen molar-refractivity contribution < 1.29 is 0 Å². The van der Waals surface area contributed by atoms with Gasteiger partial charge in [0.25, 0.3) is 0 Å². The summed E-state index contributed by atoms with van der Waals surface area (Å²) in [5.74, 6) is 0. The molecule has 0 heterocycles. The van der Waals surface area contributed by atoms with Crippen LogP contribution in [-0.2, 0) is 6.42 Å². The molecule has 0 unspecified atom stereocenters. The molecule has 1 aliphatic rings. The van der Waals surface area contributed by atoms with Crippen LogP contribution < -0.4 is 0 Å². The Balaban J connectivity index is 2.54. The minimum atomic E-state index is 1.10. The molecule has 1 aliphatic carbocycles. The summed E-state index contributed by atoms with van der Waals surface area (Å²) in [6.45, 7) is 2.12. The fraction of sp³-hybridized carbons (Fsp3) is 0.364. The zero-order valence-corrected chi connectivity index (χ0v) is 8.08. The molecule has 2 rings (SSSR count). The molecule has 0 aliphatic heterocycles. The lowest BCUT2D eigenvalue weighted by Crippen LogP contribution is -2.09. The van der Waals surface area contributed by atoms with E-state index in [9.17, 15) is 0 Å². The first-order chi connectivity index (χ1) is 5.77. The van der Waals surface area contributed by atoms with Crippen LogP contribution in [0.5, 0.6) is 0 Å². The molecule has 0 radical (unpaired) electrons. The molecule has 0 spiro atoms. The Morgan fingerprint density at radius 3 is 2.92 bits per heavy atom. The molecule has 12 heavy (non-hydrogen) atoms. The lowest BCUT2D eigenvalue weighted by atomic mass is 9.90. The van der Waals surface area contributed by atoms with E-state index in [1.807, 2.05) is 0 Å². The van der Waals surface area contributed by atoms with Crippen LogP contribution in [-0.4, -0.2) is 4.86 Å². The number of benzene rings is 1.